The summed E-state index contributed by atoms with van der Waals surface area (Å²) in [6.45, 7) is 11.0. The van der Waals surface area contributed by atoms with Gasteiger partial charge in [0.2, 0.25) is 0 Å². The highest BCUT2D eigenvalue weighted by Gasteiger charge is 2.31. The molecule has 0 heterocycles. The highest BCUT2D eigenvalue weighted by molar-refractivity contribution is 5.68. The van der Waals surface area contributed by atoms with Crippen molar-refractivity contribution in [2.45, 2.75) is 123 Å². The first-order valence-electron chi connectivity index (χ1n) is 12.9. The first kappa shape index (κ1) is 26.3. The molecule has 178 valence electrons. The second kappa shape index (κ2) is 13.6. The van der Waals surface area contributed by atoms with Crippen LogP contribution in [-0.4, -0.2) is 29.2 Å². The summed E-state index contributed by atoms with van der Waals surface area (Å²) in [7, 11) is 0. The van der Waals surface area contributed by atoms with Crippen LogP contribution in [0.3, 0.4) is 0 Å². The first-order valence-corrected chi connectivity index (χ1v) is 12.9. The lowest BCUT2D eigenvalue weighted by molar-refractivity contribution is 0.0115. The van der Waals surface area contributed by atoms with Crippen molar-refractivity contribution in [1.82, 2.24) is 4.90 Å². The van der Waals surface area contributed by atoms with Crippen molar-refractivity contribution in [1.29, 1.82) is 0 Å². The molecule has 0 unspecified atom stereocenters. The summed E-state index contributed by atoms with van der Waals surface area (Å²) >= 11 is 0. The topological polar surface area (TPSA) is 29.5 Å². The highest BCUT2D eigenvalue weighted by Crippen LogP contribution is 2.35. The fourth-order valence-electron chi connectivity index (χ4n) is 4.53. The number of amides is 1. The zero-order valence-electron chi connectivity index (χ0n) is 21.2. The minimum atomic E-state index is -0.444. The van der Waals surface area contributed by atoms with Gasteiger partial charge in [-0.3, -0.25) is 0 Å². The summed E-state index contributed by atoms with van der Waals surface area (Å²) in [4.78, 5) is 14.7. The summed E-state index contributed by atoms with van der Waals surface area (Å²) in [5.74, 6) is 7.24. The Balaban J connectivity index is 1.84. The van der Waals surface area contributed by atoms with Gasteiger partial charge in [-0.05, 0) is 82.9 Å². The Hall–Kier alpha value is -1.95. The molecule has 1 aromatic rings. The quantitative estimate of drug-likeness (QED) is 0.287. The minimum absolute atomic E-state index is 0.156. The molecule has 0 saturated heterocycles. The van der Waals surface area contributed by atoms with Gasteiger partial charge in [-0.2, -0.15) is 0 Å². The summed E-state index contributed by atoms with van der Waals surface area (Å²) in [6, 6.07) is 9.16. The maximum atomic E-state index is 12.7. The predicted molar refractivity (Wildman–Crippen MR) is 135 cm³/mol. The van der Waals surface area contributed by atoms with Gasteiger partial charge >= 0.3 is 6.09 Å². The molecule has 0 bridgehead atoms. The molecule has 1 aliphatic rings. The Kier molecular flexibility index (Phi) is 11.1. The standard InChI is InChI=1S/C29H45NO2/c1-6-8-9-10-11-12-13-14-24-15-17-25(18-16-24)26-19-21-27(22-20-26)30(23-7-2)28(31)32-29(3,4)5/h15-18,26-27H,6-12,19-23H2,1-5H3. The number of rotatable bonds is 9. The van der Waals surface area contributed by atoms with Crippen LogP contribution in [0.1, 0.15) is 122 Å². The molecule has 0 radical (unpaired) electrons. The normalized spacial score (nSPS) is 18.5. The van der Waals surface area contributed by atoms with Gasteiger partial charge in [0, 0.05) is 24.6 Å². The number of unbranched alkanes of at least 4 members (excludes halogenated alkanes) is 5. The van der Waals surface area contributed by atoms with Crippen LogP contribution in [0.2, 0.25) is 0 Å². The van der Waals surface area contributed by atoms with E-state index in [-0.39, 0.29) is 6.09 Å². The molecule has 1 fully saturated rings. The fourth-order valence-corrected chi connectivity index (χ4v) is 4.53. The third-order valence-electron chi connectivity index (χ3n) is 6.25. The SMILES string of the molecule is CCCCCCCC#Cc1ccc(C2CCC(N(CCC)C(=O)OC(C)(C)C)CC2)cc1. The minimum Gasteiger partial charge on any atom is -0.444 e. The Morgan fingerprint density at radius 2 is 1.62 bits per heavy atom. The number of benzene rings is 1. The molecule has 0 N–H and O–H groups in total. The lowest BCUT2D eigenvalue weighted by Gasteiger charge is -2.37. The van der Waals surface area contributed by atoms with Crippen molar-refractivity contribution >= 4 is 6.09 Å². The van der Waals surface area contributed by atoms with Crippen LogP contribution in [0.4, 0.5) is 4.79 Å². The van der Waals surface area contributed by atoms with E-state index in [1.54, 1.807) is 0 Å². The van der Waals surface area contributed by atoms with Crippen LogP contribution < -0.4 is 0 Å². The number of carbonyl (C=O) groups excluding carboxylic acids is 1. The fraction of sp³-hybridized carbons (Fsp3) is 0.690. The average Bonchev–Trinajstić information content (AvgIpc) is 2.76. The van der Waals surface area contributed by atoms with Crippen LogP contribution >= 0.6 is 0 Å². The van der Waals surface area contributed by atoms with E-state index in [0.717, 1.165) is 50.6 Å². The maximum Gasteiger partial charge on any atom is 0.410 e. The zero-order chi connectivity index (χ0) is 23.4. The summed E-state index contributed by atoms with van der Waals surface area (Å²) < 4.78 is 5.67. The molecule has 1 amide bonds. The van der Waals surface area contributed by atoms with E-state index < -0.39 is 5.60 Å². The molecule has 3 nitrogen and oxygen atoms in total. The van der Waals surface area contributed by atoms with Crippen LogP contribution in [0.15, 0.2) is 24.3 Å². The second-order valence-electron chi connectivity index (χ2n) is 10.3. The number of carbonyl (C=O) groups is 1. The monoisotopic (exact) mass is 439 g/mol. The van der Waals surface area contributed by atoms with E-state index in [2.05, 4.69) is 50.0 Å². The van der Waals surface area contributed by atoms with E-state index in [0.29, 0.717) is 12.0 Å². The third-order valence-corrected chi connectivity index (χ3v) is 6.25. The molecule has 1 aliphatic carbocycles. The van der Waals surface area contributed by atoms with E-state index in [1.807, 2.05) is 25.7 Å². The van der Waals surface area contributed by atoms with Crippen molar-refractivity contribution in [2.24, 2.45) is 0 Å². The number of hydrogen-bond donors (Lipinski definition) is 0. The van der Waals surface area contributed by atoms with Crippen molar-refractivity contribution in [3.8, 4) is 11.8 Å². The third kappa shape index (κ3) is 9.27. The molecular weight excluding hydrogens is 394 g/mol. The van der Waals surface area contributed by atoms with Gasteiger partial charge in [-0.15, -0.1) is 0 Å². The molecule has 0 aliphatic heterocycles. The highest BCUT2D eigenvalue weighted by atomic mass is 16.6. The summed E-state index contributed by atoms with van der Waals surface area (Å²) in [6.07, 6.45) is 12.6. The van der Waals surface area contributed by atoms with Crippen LogP contribution in [0.25, 0.3) is 0 Å². The Morgan fingerprint density at radius 1 is 0.969 bits per heavy atom. The summed E-state index contributed by atoms with van der Waals surface area (Å²) in [5.41, 5.74) is 2.09. The second-order valence-corrected chi connectivity index (χ2v) is 10.3. The Morgan fingerprint density at radius 3 is 2.22 bits per heavy atom. The zero-order valence-corrected chi connectivity index (χ0v) is 21.2. The predicted octanol–water partition coefficient (Wildman–Crippen LogP) is 8.07. The van der Waals surface area contributed by atoms with Gasteiger partial charge in [0.1, 0.15) is 5.60 Å². The lowest BCUT2D eigenvalue weighted by Crippen LogP contribution is -2.45. The number of hydrogen-bond acceptors (Lipinski definition) is 2. The van der Waals surface area contributed by atoms with Crippen LogP contribution in [-0.2, 0) is 4.74 Å². The van der Waals surface area contributed by atoms with Gasteiger partial charge in [0.15, 0.2) is 0 Å². The van der Waals surface area contributed by atoms with E-state index in [1.165, 1.54) is 37.7 Å². The number of nitrogens with zero attached hydrogens (tertiary/aromatic N) is 1. The average molecular weight is 440 g/mol. The van der Waals surface area contributed by atoms with Crippen molar-refractivity contribution in [3.05, 3.63) is 35.4 Å². The largest absolute Gasteiger partial charge is 0.444 e. The van der Waals surface area contributed by atoms with Gasteiger partial charge < -0.3 is 9.64 Å². The molecule has 0 atom stereocenters. The van der Waals surface area contributed by atoms with E-state index >= 15 is 0 Å². The van der Waals surface area contributed by atoms with Crippen LogP contribution in [0.5, 0.6) is 0 Å². The Labute approximate surface area is 197 Å². The van der Waals surface area contributed by atoms with Crippen molar-refractivity contribution < 1.29 is 9.53 Å². The van der Waals surface area contributed by atoms with Gasteiger partial charge in [0.05, 0.1) is 0 Å². The van der Waals surface area contributed by atoms with Crippen molar-refractivity contribution in [3.63, 3.8) is 0 Å². The molecule has 32 heavy (non-hydrogen) atoms. The van der Waals surface area contributed by atoms with Gasteiger partial charge in [-0.1, -0.05) is 63.5 Å². The van der Waals surface area contributed by atoms with Gasteiger partial charge in [-0.25, -0.2) is 4.79 Å². The smallest absolute Gasteiger partial charge is 0.410 e. The lowest BCUT2D eigenvalue weighted by atomic mass is 9.81. The Bertz CT molecular complexity index is 727. The van der Waals surface area contributed by atoms with Crippen LogP contribution in [0, 0.1) is 11.8 Å². The molecule has 1 aromatic carbocycles. The molecule has 0 spiro atoms. The number of ether oxygens (including phenoxy) is 1. The molecule has 1 saturated carbocycles. The van der Waals surface area contributed by atoms with Gasteiger partial charge in [0.25, 0.3) is 0 Å². The summed E-state index contributed by atoms with van der Waals surface area (Å²) in [5, 5.41) is 0. The molecular formula is C29H45NO2. The molecule has 0 aromatic heterocycles. The first-order chi connectivity index (χ1) is 15.3. The van der Waals surface area contributed by atoms with E-state index in [9.17, 15) is 4.79 Å². The van der Waals surface area contributed by atoms with E-state index in [4.69, 9.17) is 4.74 Å². The molecule has 3 heteroatoms. The molecule has 2 rings (SSSR count). The maximum absolute atomic E-state index is 12.7. The van der Waals surface area contributed by atoms with Crippen molar-refractivity contribution in [2.75, 3.05) is 6.54 Å².